The molecule has 0 saturated heterocycles. The molecule has 1 amide bonds. The lowest BCUT2D eigenvalue weighted by Gasteiger charge is -2.06. The fourth-order valence-electron chi connectivity index (χ4n) is 2.13. The topological polar surface area (TPSA) is 68.3 Å². The first-order valence-electron chi connectivity index (χ1n) is 6.45. The van der Waals surface area contributed by atoms with Gasteiger partial charge in [-0.2, -0.15) is 0 Å². The van der Waals surface area contributed by atoms with E-state index in [1.54, 1.807) is 18.2 Å². The fourth-order valence-corrected chi connectivity index (χ4v) is 2.13. The molecule has 3 rings (SSSR count). The van der Waals surface area contributed by atoms with Gasteiger partial charge in [0, 0.05) is 11.9 Å². The number of fused-ring (bicyclic) bond motifs is 1. The molecule has 3 aromatic rings. The standard InChI is InChI=1S/C16H13FN2O2/c17-13-7-10(8-18)5-6-14(13)19-16(20)12-9-21-15-4-2-1-3-11(12)15/h1-7,9H,8,18H2,(H,19,20). The highest BCUT2D eigenvalue weighted by Crippen LogP contribution is 2.23. The molecule has 106 valence electrons. The van der Waals surface area contributed by atoms with Gasteiger partial charge >= 0.3 is 0 Å². The summed E-state index contributed by atoms with van der Waals surface area (Å²) >= 11 is 0. The molecular weight excluding hydrogens is 271 g/mol. The summed E-state index contributed by atoms with van der Waals surface area (Å²) in [5, 5.41) is 3.23. The predicted molar refractivity (Wildman–Crippen MR) is 78.5 cm³/mol. The molecule has 1 aromatic heterocycles. The minimum Gasteiger partial charge on any atom is -0.463 e. The molecule has 21 heavy (non-hydrogen) atoms. The summed E-state index contributed by atoms with van der Waals surface area (Å²) in [6, 6.07) is 11.7. The van der Waals surface area contributed by atoms with Crippen molar-refractivity contribution in [2.75, 3.05) is 5.32 Å². The van der Waals surface area contributed by atoms with E-state index in [1.165, 1.54) is 18.4 Å². The van der Waals surface area contributed by atoms with Crippen LogP contribution in [0.15, 0.2) is 53.1 Å². The van der Waals surface area contributed by atoms with Gasteiger partial charge in [0.2, 0.25) is 0 Å². The van der Waals surface area contributed by atoms with Crippen molar-refractivity contribution in [1.29, 1.82) is 0 Å². The smallest absolute Gasteiger partial charge is 0.259 e. The number of carbonyl (C=O) groups is 1. The van der Waals surface area contributed by atoms with Gasteiger partial charge in [-0.1, -0.05) is 24.3 Å². The van der Waals surface area contributed by atoms with E-state index in [0.29, 0.717) is 22.1 Å². The maximum atomic E-state index is 13.9. The number of rotatable bonds is 3. The molecule has 0 aliphatic rings. The highest BCUT2D eigenvalue weighted by atomic mass is 19.1. The van der Waals surface area contributed by atoms with Crippen LogP contribution in [-0.4, -0.2) is 5.91 Å². The number of carbonyl (C=O) groups excluding carboxylic acids is 1. The van der Waals surface area contributed by atoms with Crippen LogP contribution in [0.25, 0.3) is 11.0 Å². The predicted octanol–water partition coefficient (Wildman–Crippen LogP) is 3.28. The maximum Gasteiger partial charge on any atom is 0.259 e. The number of anilines is 1. The van der Waals surface area contributed by atoms with Gasteiger partial charge in [-0.3, -0.25) is 4.79 Å². The van der Waals surface area contributed by atoms with Gasteiger partial charge < -0.3 is 15.5 Å². The normalized spacial score (nSPS) is 10.8. The Labute approximate surface area is 120 Å². The average molecular weight is 284 g/mol. The van der Waals surface area contributed by atoms with Crippen LogP contribution in [0.5, 0.6) is 0 Å². The third kappa shape index (κ3) is 2.51. The summed E-state index contributed by atoms with van der Waals surface area (Å²) in [5.41, 5.74) is 7.20. The Morgan fingerprint density at radius 2 is 2.05 bits per heavy atom. The van der Waals surface area contributed by atoms with Crippen molar-refractivity contribution in [2.45, 2.75) is 6.54 Å². The second-order valence-electron chi connectivity index (χ2n) is 4.62. The van der Waals surface area contributed by atoms with Gasteiger partial charge in [0.15, 0.2) is 0 Å². The number of halogens is 1. The molecule has 3 N–H and O–H groups in total. The summed E-state index contributed by atoms with van der Waals surface area (Å²) < 4.78 is 19.2. The molecule has 0 atom stereocenters. The molecule has 0 saturated carbocycles. The molecule has 5 heteroatoms. The van der Waals surface area contributed by atoms with E-state index in [-0.39, 0.29) is 12.2 Å². The van der Waals surface area contributed by atoms with Gasteiger partial charge in [-0.15, -0.1) is 0 Å². The summed E-state index contributed by atoms with van der Waals surface area (Å²) in [7, 11) is 0. The van der Waals surface area contributed by atoms with Crippen molar-refractivity contribution in [1.82, 2.24) is 0 Å². The van der Waals surface area contributed by atoms with E-state index in [0.717, 1.165) is 0 Å². The molecule has 0 aliphatic carbocycles. The van der Waals surface area contributed by atoms with Gasteiger partial charge in [-0.25, -0.2) is 4.39 Å². The number of hydrogen-bond donors (Lipinski definition) is 2. The molecule has 0 radical (unpaired) electrons. The van der Waals surface area contributed by atoms with Crippen molar-refractivity contribution in [3.63, 3.8) is 0 Å². The first kappa shape index (κ1) is 13.3. The lowest BCUT2D eigenvalue weighted by atomic mass is 10.1. The highest BCUT2D eigenvalue weighted by Gasteiger charge is 2.15. The Hall–Kier alpha value is -2.66. The molecule has 4 nitrogen and oxygen atoms in total. The summed E-state index contributed by atoms with van der Waals surface area (Å²) in [6.45, 7) is 0.248. The molecule has 1 heterocycles. The highest BCUT2D eigenvalue weighted by molar-refractivity contribution is 6.12. The number of nitrogens with one attached hydrogen (secondary N) is 1. The number of amides is 1. The molecule has 0 fully saturated rings. The van der Waals surface area contributed by atoms with Crippen LogP contribution in [0.3, 0.4) is 0 Å². The second-order valence-corrected chi connectivity index (χ2v) is 4.62. The maximum absolute atomic E-state index is 13.9. The summed E-state index contributed by atoms with van der Waals surface area (Å²) in [4.78, 5) is 12.2. The van der Waals surface area contributed by atoms with Crippen LogP contribution >= 0.6 is 0 Å². The second kappa shape index (κ2) is 5.38. The van der Waals surface area contributed by atoms with Crippen LogP contribution in [0.1, 0.15) is 15.9 Å². The van der Waals surface area contributed by atoms with Gasteiger partial charge in [0.1, 0.15) is 17.7 Å². The largest absolute Gasteiger partial charge is 0.463 e. The van der Waals surface area contributed by atoms with Crippen molar-refractivity contribution in [3.05, 3.63) is 65.7 Å². The molecule has 0 aliphatic heterocycles. The van der Waals surface area contributed by atoms with Crippen LogP contribution in [0.2, 0.25) is 0 Å². The van der Waals surface area contributed by atoms with Gasteiger partial charge in [0.05, 0.1) is 11.3 Å². The van der Waals surface area contributed by atoms with E-state index in [2.05, 4.69) is 5.32 Å². The molecule has 0 spiro atoms. The number of hydrogen-bond acceptors (Lipinski definition) is 3. The number of para-hydroxylation sites is 1. The first-order valence-corrected chi connectivity index (χ1v) is 6.45. The molecule has 0 unspecified atom stereocenters. The minimum absolute atomic E-state index is 0.113. The first-order chi connectivity index (χ1) is 10.2. The summed E-state index contributed by atoms with van der Waals surface area (Å²) in [5.74, 6) is -0.932. The molecular formula is C16H13FN2O2. The minimum atomic E-state index is -0.515. The van der Waals surface area contributed by atoms with Crippen LogP contribution in [0, 0.1) is 5.82 Å². The number of furan rings is 1. The SMILES string of the molecule is NCc1ccc(NC(=O)c2coc3ccccc23)c(F)c1. The van der Waals surface area contributed by atoms with Gasteiger partial charge in [0.25, 0.3) is 5.91 Å². The zero-order valence-electron chi connectivity index (χ0n) is 11.1. The van der Waals surface area contributed by atoms with Crippen molar-refractivity contribution in [2.24, 2.45) is 5.73 Å². The Bertz CT molecular complexity index is 811. The van der Waals surface area contributed by atoms with Crippen molar-refractivity contribution in [3.8, 4) is 0 Å². The number of benzene rings is 2. The van der Waals surface area contributed by atoms with Gasteiger partial charge in [-0.05, 0) is 23.8 Å². The Balaban J connectivity index is 1.90. The van der Waals surface area contributed by atoms with E-state index in [1.807, 2.05) is 12.1 Å². The van der Waals surface area contributed by atoms with Crippen LogP contribution < -0.4 is 11.1 Å². The molecule has 0 bridgehead atoms. The Kier molecular flexibility index (Phi) is 3.41. The third-order valence-electron chi connectivity index (χ3n) is 3.24. The van der Waals surface area contributed by atoms with Crippen molar-refractivity contribution < 1.29 is 13.6 Å². The zero-order valence-corrected chi connectivity index (χ0v) is 11.1. The summed E-state index contributed by atoms with van der Waals surface area (Å²) in [6.07, 6.45) is 1.37. The van der Waals surface area contributed by atoms with E-state index < -0.39 is 11.7 Å². The third-order valence-corrected chi connectivity index (χ3v) is 3.24. The lowest BCUT2D eigenvalue weighted by molar-refractivity contribution is 0.102. The van der Waals surface area contributed by atoms with Crippen molar-refractivity contribution >= 4 is 22.6 Å². The van der Waals surface area contributed by atoms with E-state index >= 15 is 0 Å². The van der Waals surface area contributed by atoms with Crippen LogP contribution in [0.4, 0.5) is 10.1 Å². The monoisotopic (exact) mass is 284 g/mol. The number of nitrogens with two attached hydrogens (primary N) is 1. The van der Waals surface area contributed by atoms with Crippen LogP contribution in [-0.2, 0) is 6.54 Å². The van der Waals surface area contributed by atoms with E-state index in [4.69, 9.17) is 10.2 Å². The zero-order chi connectivity index (χ0) is 14.8. The quantitative estimate of drug-likeness (QED) is 0.775. The lowest BCUT2D eigenvalue weighted by Crippen LogP contribution is -2.12. The average Bonchev–Trinajstić information content (AvgIpc) is 2.93. The Morgan fingerprint density at radius 1 is 1.24 bits per heavy atom. The fraction of sp³-hybridized carbons (Fsp3) is 0.0625. The Morgan fingerprint density at radius 3 is 2.81 bits per heavy atom. The molecule has 2 aromatic carbocycles. The van der Waals surface area contributed by atoms with E-state index in [9.17, 15) is 9.18 Å².